The highest BCUT2D eigenvalue weighted by Gasteiger charge is 2.30. The number of likely N-dealkylation sites (tertiary alicyclic amines) is 1. The Morgan fingerprint density at radius 3 is 2.92 bits per heavy atom. The van der Waals surface area contributed by atoms with Gasteiger partial charge < -0.3 is 4.90 Å². The molecule has 0 atom stereocenters. The first-order valence-electron chi connectivity index (χ1n) is 9.32. The molecule has 1 amide bonds. The smallest absolute Gasteiger partial charge is 0.274 e. The summed E-state index contributed by atoms with van der Waals surface area (Å²) >= 11 is 0. The van der Waals surface area contributed by atoms with Crippen molar-refractivity contribution in [2.45, 2.75) is 44.6 Å². The zero-order valence-electron chi connectivity index (χ0n) is 14.6. The average molecular weight is 351 g/mol. The van der Waals surface area contributed by atoms with E-state index in [1.54, 1.807) is 6.20 Å². The summed E-state index contributed by atoms with van der Waals surface area (Å²) in [4.78, 5) is 19.3. The molecule has 8 heteroatoms. The van der Waals surface area contributed by atoms with E-state index in [1.807, 2.05) is 21.7 Å². The number of rotatable bonds is 2. The van der Waals surface area contributed by atoms with Gasteiger partial charge in [0.05, 0.1) is 6.04 Å². The summed E-state index contributed by atoms with van der Waals surface area (Å²) in [6, 6.07) is 4.02. The zero-order chi connectivity index (χ0) is 17.5. The Morgan fingerprint density at radius 2 is 2.04 bits per heavy atom. The van der Waals surface area contributed by atoms with Crippen molar-refractivity contribution in [2.75, 3.05) is 13.1 Å². The van der Waals surface area contributed by atoms with E-state index in [0.717, 1.165) is 54.5 Å². The molecule has 0 unspecified atom stereocenters. The van der Waals surface area contributed by atoms with Crippen LogP contribution in [0.25, 0.3) is 11.2 Å². The van der Waals surface area contributed by atoms with Gasteiger partial charge in [-0.05, 0) is 50.7 Å². The topological polar surface area (TPSA) is 92.6 Å². The van der Waals surface area contributed by atoms with Crippen LogP contribution in [-0.4, -0.2) is 54.1 Å². The first-order chi connectivity index (χ1) is 12.8. The van der Waals surface area contributed by atoms with Crippen LogP contribution in [0, 0.1) is 0 Å². The van der Waals surface area contributed by atoms with Gasteiger partial charge in [-0.25, -0.2) is 9.67 Å². The third kappa shape index (κ3) is 2.48. The van der Waals surface area contributed by atoms with E-state index in [2.05, 4.69) is 25.5 Å². The number of amides is 1. The van der Waals surface area contributed by atoms with Crippen LogP contribution in [-0.2, 0) is 12.8 Å². The van der Waals surface area contributed by atoms with Gasteiger partial charge in [0.1, 0.15) is 5.52 Å². The summed E-state index contributed by atoms with van der Waals surface area (Å²) in [6.07, 6.45) is 7.75. The molecule has 0 saturated carbocycles. The maximum atomic E-state index is 12.9. The van der Waals surface area contributed by atoms with Crippen LogP contribution >= 0.6 is 0 Å². The summed E-state index contributed by atoms with van der Waals surface area (Å²) < 4.78 is 1.91. The molecule has 1 aliphatic heterocycles. The lowest BCUT2D eigenvalue weighted by Crippen LogP contribution is -2.39. The number of aromatic amines is 1. The van der Waals surface area contributed by atoms with Gasteiger partial charge in [0.15, 0.2) is 11.3 Å². The van der Waals surface area contributed by atoms with Crippen LogP contribution in [0.2, 0.25) is 0 Å². The predicted molar refractivity (Wildman–Crippen MR) is 94.7 cm³/mol. The second kappa shape index (κ2) is 6.19. The Labute approximate surface area is 150 Å². The number of hydrogen-bond donors (Lipinski definition) is 1. The molecule has 0 spiro atoms. The predicted octanol–water partition coefficient (Wildman–Crippen LogP) is 1.91. The van der Waals surface area contributed by atoms with Crippen molar-refractivity contribution < 1.29 is 4.79 Å². The van der Waals surface area contributed by atoms with Crippen LogP contribution in [0.5, 0.6) is 0 Å². The second-order valence-electron chi connectivity index (χ2n) is 7.14. The largest absolute Gasteiger partial charge is 0.337 e. The normalized spacial score (nSPS) is 18.2. The summed E-state index contributed by atoms with van der Waals surface area (Å²) in [7, 11) is 0. The van der Waals surface area contributed by atoms with Crippen LogP contribution in [0.4, 0.5) is 0 Å². The lowest BCUT2D eigenvalue weighted by atomic mass is 9.95. The number of hydrogen-bond acceptors (Lipinski definition) is 5. The minimum Gasteiger partial charge on any atom is -0.337 e. The molecule has 134 valence electrons. The van der Waals surface area contributed by atoms with Crippen LogP contribution in [0.3, 0.4) is 0 Å². The summed E-state index contributed by atoms with van der Waals surface area (Å²) in [5.41, 5.74) is 4.54. The third-order valence-corrected chi connectivity index (χ3v) is 5.59. The lowest BCUT2D eigenvalue weighted by Gasteiger charge is -2.31. The van der Waals surface area contributed by atoms with Gasteiger partial charge in [0.2, 0.25) is 0 Å². The van der Waals surface area contributed by atoms with E-state index in [1.165, 1.54) is 6.42 Å². The molecule has 1 aliphatic carbocycles. The van der Waals surface area contributed by atoms with Gasteiger partial charge in [0, 0.05) is 30.5 Å². The molecule has 2 aliphatic rings. The molecule has 3 aromatic heterocycles. The van der Waals surface area contributed by atoms with Crippen LogP contribution in [0.15, 0.2) is 18.3 Å². The maximum absolute atomic E-state index is 12.9. The highest BCUT2D eigenvalue weighted by molar-refractivity contribution is 5.94. The van der Waals surface area contributed by atoms with Gasteiger partial charge in [-0.2, -0.15) is 5.10 Å². The average Bonchev–Trinajstić information content (AvgIpc) is 3.32. The molecule has 5 rings (SSSR count). The molecule has 1 N–H and O–H groups in total. The first-order valence-corrected chi connectivity index (χ1v) is 9.32. The number of pyridine rings is 1. The molecular weight excluding hydrogens is 330 g/mol. The van der Waals surface area contributed by atoms with Gasteiger partial charge in [0.25, 0.3) is 5.91 Å². The Bertz CT molecular complexity index is 952. The number of aryl methyl sites for hydroxylation is 1. The maximum Gasteiger partial charge on any atom is 0.274 e. The third-order valence-electron chi connectivity index (χ3n) is 5.59. The standard InChI is InChI=1S/C18H21N7O/c26-18(16-13-4-1-2-5-14(13)20-22-16)24-10-7-12(8-11-24)25-17-15(21-23-25)6-3-9-19-17/h3,6,9,12H,1-2,4-5,7-8,10-11H2,(H,20,22). The summed E-state index contributed by atoms with van der Waals surface area (Å²) in [5, 5.41) is 15.9. The fourth-order valence-corrected chi connectivity index (χ4v) is 4.15. The van der Waals surface area contributed by atoms with Crippen molar-refractivity contribution in [2.24, 2.45) is 0 Å². The zero-order valence-corrected chi connectivity index (χ0v) is 14.6. The molecule has 8 nitrogen and oxygen atoms in total. The van der Waals surface area contributed by atoms with Crippen molar-refractivity contribution in [3.8, 4) is 0 Å². The Hall–Kier alpha value is -2.77. The Kier molecular flexibility index (Phi) is 3.69. The van der Waals surface area contributed by atoms with Crippen molar-refractivity contribution >= 4 is 17.1 Å². The molecule has 1 fully saturated rings. The van der Waals surface area contributed by atoms with Gasteiger partial charge >= 0.3 is 0 Å². The van der Waals surface area contributed by atoms with Gasteiger partial charge in [-0.1, -0.05) is 5.21 Å². The summed E-state index contributed by atoms with van der Waals surface area (Å²) in [5.74, 6) is 0.0597. The van der Waals surface area contributed by atoms with E-state index in [-0.39, 0.29) is 11.9 Å². The molecule has 26 heavy (non-hydrogen) atoms. The second-order valence-corrected chi connectivity index (χ2v) is 7.14. The van der Waals surface area contributed by atoms with E-state index < -0.39 is 0 Å². The van der Waals surface area contributed by atoms with Crippen molar-refractivity contribution in [1.29, 1.82) is 0 Å². The Morgan fingerprint density at radius 1 is 1.19 bits per heavy atom. The minimum atomic E-state index is 0.0597. The van der Waals surface area contributed by atoms with Gasteiger partial charge in [-0.15, -0.1) is 5.10 Å². The number of fused-ring (bicyclic) bond motifs is 2. The molecule has 0 bridgehead atoms. The number of aromatic nitrogens is 6. The van der Waals surface area contributed by atoms with E-state index >= 15 is 0 Å². The number of piperidine rings is 1. The molecule has 1 saturated heterocycles. The quantitative estimate of drug-likeness (QED) is 0.761. The molecule has 3 aromatic rings. The number of carbonyl (C=O) groups is 1. The highest BCUT2D eigenvalue weighted by atomic mass is 16.2. The number of nitrogens with one attached hydrogen (secondary N) is 1. The van der Waals surface area contributed by atoms with Gasteiger partial charge in [-0.3, -0.25) is 9.89 Å². The fourth-order valence-electron chi connectivity index (χ4n) is 4.15. The monoisotopic (exact) mass is 351 g/mol. The minimum absolute atomic E-state index is 0.0597. The van der Waals surface area contributed by atoms with E-state index in [4.69, 9.17) is 0 Å². The lowest BCUT2D eigenvalue weighted by molar-refractivity contribution is 0.0683. The van der Waals surface area contributed by atoms with Crippen LogP contribution in [0.1, 0.15) is 53.5 Å². The molecular formula is C18H21N7O. The highest BCUT2D eigenvalue weighted by Crippen LogP contribution is 2.27. The fraction of sp³-hybridized carbons (Fsp3) is 0.500. The summed E-state index contributed by atoms with van der Waals surface area (Å²) in [6.45, 7) is 1.42. The first kappa shape index (κ1) is 15.5. The number of nitrogens with zero attached hydrogens (tertiary/aromatic N) is 6. The molecule has 0 aromatic carbocycles. The Balaban J connectivity index is 1.31. The van der Waals surface area contributed by atoms with E-state index in [9.17, 15) is 4.79 Å². The SMILES string of the molecule is O=C(c1n[nH]c2c1CCCC2)N1CCC(n2nnc3cccnc32)CC1. The molecule has 4 heterocycles. The van der Waals surface area contributed by atoms with Crippen molar-refractivity contribution in [1.82, 2.24) is 35.1 Å². The van der Waals surface area contributed by atoms with Crippen molar-refractivity contribution in [3.63, 3.8) is 0 Å². The molecule has 0 radical (unpaired) electrons. The van der Waals surface area contributed by atoms with E-state index in [0.29, 0.717) is 18.8 Å². The van der Waals surface area contributed by atoms with Crippen molar-refractivity contribution in [3.05, 3.63) is 35.3 Å². The van der Waals surface area contributed by atoms with Crippen LogP contribution < -0.4 is 0 Å². The number of H-pyrrole nitrogens is 1. The number of carbonyl (C=O) groups excluding carboxylic acids is 1.